The molecule has 8 nitrogen and oxygen atoms in total. The average molecular weight is 453 g/mol. The van der Waals surface area contributed by atoms with Gasteiger partial charge in [0.15, 0.2) is 0 Å². The van der Waals surface area contributed by atoms with Gasteiger partial charge in [-0.05, 0) is 62.1 Å². The van der Waals surface area contributed by atoms with Crippen molar-refractivity contribution >= 4 is 28.4 Å². The maximum atomic E-state index is 12.7. The Morgan fingerprint density at radius 3 is 2.71 bits per heavy atom. The first kappa shape index (κ1) is 20.5. The molecular weight excluding hydrogens is 428 g/mol. The molecular formula is C26H24N6O2. The zero-order chi connectivity index (χ0) is 23.1. The Bertz CT molecular complexity index is 1450. The van der Waals surface area contributed by atoms with E-state index in [1.54, 1.807) is 12.3 Å². The first-order valence-electron chi connectivity index (χ1n) is 11.7. The minimum atomic E-state index is -0.124. The second-order valence-corrected chi connectivity index (χ2v) is 8.93. The van der Waals surface area contributed by atoms with E-state index in [1.165, 1.54) is 0 Å². The first-order chi connectivity index (χ1) is 16.6. The van der Waals surface area contributed by atoms with E-state index < -0.39 is 0 Å². The molecule has 0 spiro atoms. The Balaban J connectivity index is 1.26. The zero-order valence-corrected chi connectivity index (χ0v) is 18.6. The minimum Gasteiger partial charge on any atom is -0.339 e. The summed E-state index contributed by atoms with van der Waals surface area (Å²) in [6, 6.07) is 14.8. The summed E-state index contributed by atoms with van der Waals surface area (Å²) >= 11 is 0. The molecule has 1 saturated heterocycles. The van der Waals surface area contributed by atoms with Crippen LogP contribution in [-0.4, -0.2) is 43.8 Å². The summed E-state index contributed by atoms with van der Waals surface area (Å²) in [4.78, 5) is 43.8. The fourth-order valence-corrected chi connectivity index (χ4v) is 4.41. The van der Waals surface area contributed by atoms with Gasteiger partial charge in [0.1, 0.15) is 5.82 Å². The van der Waals surface area contributed by atoms with Crippen LogP contribution in [0.25, 0.3) is 22.2 Å². The van der Waals surface area contributed by atoms with Gasteiger partial charge in [-0.1, -0.05) is 12.1 Å². The quantitative estimate of drug-likeness (QED) is 0.469. The van der Waals surface area contributed by atoms with E-state index in [0.29, 0.717) is 34.0 Å². The third kappa shape index (κ3) is 4.03. The largest absolute Gasteiger partial charge is 0.339 e. The molecule has 1 saturated carbocycles. The number of amides is 1. The van der Waals surface area contributed by atoms with E-state index in [0.717, 1.165) is 55.8 Å². The predicted molar refractivity (Wildman–Crippen MR) is 130 cm³/mol. The van der Waals surface area contributed by atoms with Crippen molar-refractivity contribution in [2.24, 2.45) is 0 Å². The number of rotatable bonds is 5. The minimum absolute atomic E-state index is 0.0515. The van der Waals surface area contributed by atoms with Crippen LogP contribution in [0.15, 0.2) is 59.5 Å². The van der Waals surface area contributed by atoms with Crippen molar-refractivity contribution in [3.8, 4) is 11.3 Å². The molecule has 2 aliphatic rings. The van der Waals surface area contributed by atoms with Crippen molar-refractivity contribution in [1.82, 2.24) is 24.8 Å². The molecule has 4 aromatic rings. The number of fused-ring (bicyclic) bond motifs is 1. The Kier molecular flexibility index (Phi) is 5.05. The maximum absolute atomic E-state index is 12.7. The van der Waals surface area contributed by atoms with Crippen LogP contribution in [0.2, 0.25) is 0 Å². The molecule has 34 heavy (non-hydrogen) atoms. The first-order valence-corrected chi connectivity index (χ1v) is 11.7. The van der Waals surface area contributed by atoms with Crippen LogP contribution in [0.1, 0.15) is 47.8 Å². The topological polar surface area (TPSA) is 104 Å². The molecule has 6 rings (SSSR count). The highest BCUT2D eigenvalue weighted by atomic mass is 16.2. The highest BCUT2D eigenvalue weighted by Crippen LogP contribution is 2.38. The Morgan fingerprint density at radius 2 is 1.88 bits per heavy atom. The summed E-state index contributed by atoms with van der Waals surface area (Å²) in [7, 11) is 0. The summed E-state index contributed by atoms with van der Waals surface area (Å²) < 4.78 is 0. The monoisotopic (exact) mass is 452 g/mol. The molecule has 0 unspecified atom stereocenters. The Hall–Kier alpha value is -4.07. The Morgan fingerprint density at radius 1 is 1.03 bits per heavy atom. The van der Waals surface area contributed by atoms with E-state index in [9.17, 15) is 9.59 Å². The number of nitrogens with zero attached hydrogens (tertiary/aromatic N) is 4. The van der Waals surface area contributed by atoms with Gasteiger partial charge in [-0.3, -0.25) is 9.59 Å². The SMILES string of the molecule is O=C(c1cccc(Nc2nccc(-c3ccc4nc(C5CC5)[nH]c(=O)c4c3)n2)c1)N1CCCC1. The average Bonchev–Trinajstić information content (AvgIpc) is 3.57. The van der Waals surface area contributed by atoms with Gasteiger partial charge in [-0.2, -0.15) is 0 Å². The number of hydrogen-bond donors (Lipinski definition) is 2. The van der Waals surface area contributed by atoms with Crippen molar-refractivity contribution in [1.29, 1.82) is 0 Å². The third-order valence-electron chi connectivity index (χ3n) is 6.40. The molecule has 1 amide bonds. The molecule has 1 aliphatic carbocycles. The summed E-state index contributed by atoms with van der Waals surface area (Å²) in [5.41, 5.74) is 3.46. The molecule has 0 bridgehead atoms. The van der Waals surface area contributed by atoms with E-state index in [4.69, 9.17) is 0 Å². The van der Waals surface area contributed by atoms with Gasteiger partial charge in [0.2, 0.25) is 5.95 Å². The number of aromatic amines is 1. The van der Waals surface area contributed by atoms with Crippen molar-refractivity contribution in [2.75, 3.05) is 18.4 Å². The second kappa shape index (κ2) is 8.37. The molecule has 170 valence electrons. The lowest BCUT2D eigenvalue weighted by Gasteiger charge is -2.15. The second-order valence-electron chi connectivity index (χ2n) is 8.93. The van der Waals surface area contributed by atoms with Crippen molar-refractivity contribution in [3.63, 3.8) is 0 Å². The van der Waals surface area contributed by atoms with Gasteiger partial charge in [-0.25, -0.2) is 15.0 Å². The standard InChI is InChI=1S/C26H24N6O2/c33-24-20-15-17(8-9-22(20)29-23(31-24)16-6-7-16)21-10-11-27-26(30-21)28-19-5-3-4-18(14-19)25(34)32-12-1-2-13-32/h3-5,8-11,14-16H,1-2,6-7,12-13H2,(H,27,28,30)(H,29,31,33). The number of likely N-dealkylation sites (tertiary alicyclic amines) is 1. The number of aromatic nitrogens is 4. The Labute approximate surface area is 196 Å². The van der Waals surface area contributed by atoms with E-state index >= 15 is 0 Å². The number of nitrogens with one attached hydrogen (secondary N) is 2. The van der Waals surface area contributed by atoms with Crippen LogP contribution in [0.4, 0.5) is 11.6 Å². The number of carbonyl (C=O) groups is 1. The fourth-order valence-electron chi connectivity index (χ4n) is 4.41. The molecule has 1 aliphatic heterocycles. The maximum Gasteiger partial charge on any atom is 0.258 e. The van der Waals surface area contributed by atoms with Crippen molar-refractivity contribution in [3.05, 3.63) is 76.5 Å². The van der Waals surface area contributed by atoms with Gasteiger partial charge in [0.25, 0.3) is 11.5 Å². The van der Waals surface area contributed by atoms with Gasteiger partial charge in [-0.15, -0.1) is 0 Å². The van der Waals surface area contributed by atoms with Crippen molar-refractivity contribution < 1.29 is 4.79 Å². The van der Waals surface area contributed by atoms with Crippen LogP contribution in [-0.2, 0) is 0 Å². The van der Waals surface area contributed by atoms with E-state index in [2.05, 4.69) is 25.3 Å². The lowest BCUT2D eigenvalue weighted by atomic mass is 10.1. The highest BCUT2D eigenvalue weighted by Gasteiger charge is 2.26. The summed E-state index contributed by atoms with van der Waals surface area (Å²) in [6.45, 7) is 1.63. The zero-order valence-electron chi connectivity index (χ0n) is 18.6. The predicted octanol–water partition coefficient (Wildman–Crippen LogP) is 4.24. The van der Waals surface area contributed by atoms with E-state index in [1.807, 2.05) is 47.4 Å². The molecule has 2 aromatic heterocycles. The van der Waals surface area contributed by atoms with Crippen LogP contribution >= 0.6 is 0 Å². The number of anilines is 2. The molecule has 2 fully saturated rings. The van der Waals surface area contributed by atoms with Crippen LogP contribution in [0.5, 0.6) is 0 Å². The van der Waals surface area contributed by atoms with Gasteiger partial charge in [0.05, 0.1) is 16.6 Å². The third-order valence-corrected chi connectivity index (χ3v) is 6.40. The number of benzene rings is 2. The van der Waals surface area contributed by atoms with E-state index in [-0.39, 0.29) is 11.5 Å². The lowest BCUT2D eigenvalue weighted by Crippen LogP contribution is -2.27. The van der Waals surface area contributed by atoms with Crippen LogP contribution < -0.4 is 10.9 Å². The molecule has 0 radical (unpaired) electrons. The molecule has 8 heteroatoms. The number of carbonyl (C=O) groups excluding carboxylic acids is 1. The van der Waals surface area contributed by atoms with Crippen molar-refractivity contribution in [2.45, 2.75) is 31.6 Å². The normalized spacial score (nSPS) is 15.6. The molecule has 0 atom stereocenters. The van der Waals surface area contributed by atoms with Gasteiger partial charge >= 0.3 is 0 Å². The highest BCUT2D eigenvalue weighted by molar-refractivity contribution is 5.95. The summed E-state index contributed by atoms with van der Waals surface area (Å²) in [6.07, 6.45) is 5.95. The number of hydrogen-bond acceptors (Lipinski definition) is 6. The van der Waals surface area contributed by atoms with Gasteiger partial charge in [0, 0.05) is 42.0 Å². The molecule has 2 aromatic carbocycles. The molecule has 3 heterocycles. The number of H-pyrrole nitrogens is 1. The molecule has 2 N–H and O–H groups in total. The van der Waals surface area contributed by atoms with Crippen LogP contribution in [0, 0.1) is 0 Å². The van der Waals surface area contributed by atoms with Gasteiger partial charge < -0.3 is 15.2 Å². The summed E-state index contributed by atoms with van der Waals surface area (Å²) in [5, 5.41) is 3.75. The smallest absolute Gasteiger partial charge is 0.258 e. The van der Waals surface area contributed by atoms with Crippen LogP contribution in [0.3, 0.4) is 0 Å². The fraction of sp³-hybridized carbons (Fsp3) is 0.269. The summed E-state index contributed by atoms with van der Waals surface area (Å²) in [5.74, 6) is 1.63. The lowest BCUT2D eigenvalue weighted by molar-refractivity contribution is 0.0793.